The molecule has 0 aromatic heterocycles. The normalized spacial score (nSPS) is 12.3. The lowest BCUT2D eigenvalue weighted by molar-refractivity contribution is -0.151. The number of ether oxygens (including phenoxy) is 2. The van der Waals surface area contributed by atoms with E-state index in [1.807, 2.05) is 27.7 Å². The Morgan fingerprint density at radius 3 is 1.38 bits per heavy atom. The van der Waals surface area contributed by atoms with Crippen molar-refractivity contribution in [3.63, 3.8) is 0 Å². The van der Waals surface area contributed by atoms with E-state index in [2.05, 4.69) is 0 Å². The van der Waals surface area contributed by atoms with Crippen LogP contribution in [0.2, 0.25) is 0 Å². The molecule has 0 aliphatic carbocycles. The smallest absolute Gasteiger partial charge is 0.311 e. The largest absolute Gasteiger partial charge is 0.616 e. The van der Waals surface area contributed by atoms with E-state index in [0.29, 0.717) is 0 Å². The molecule has 0 saturated carbocycles. The van der Waals surface area contributed by atoms with Gasteiger partial charge >= 0.3 is 11.9 Å². The monoisotopic (exact) mass is 390 g/mol. The lowest BCUT2D eigenvalue weighted by atomic mass is 9.87. The van der Waals surface area contributed by atoms with E-state index in [0.717, 1.165) is 62.9 Å². The second-order valence-corrected chi connectivity index (χ2v) is 9.92. The number of hydrogen-bond acceptors (Lipinski definition) is 5. The Bertz CT molecular complexity index is 382. The van der Waals surface area contributed by atoms with Gasteiger partial charge in [0.1, 0.15) is 11.5 Å². The molecule has 26 heavy (non-hydrogen) atoms. The Labute approximate surface area is 162 Å². The Kier molecular flexibility index (Phi) is 12.2. The fraction of sp³-hybridized carbons (Fsp3) is 0.900. The van der Waals surface area contributed by atoms with E-state index in [1.54, 1.807) is 0 Å². The summed E-state index contributed by atoms with van der Waals surface area (Å²) in [5, 5.41) is 0. The molecular formula is C20H38O5S. The molecule has 0 bridgehead atoms. The first-order chi connectivity index (χ1) is 12.1. The summed E-state index contributed by atoms with van der Waals surface area (Å²) in [5.41, 5.74) is -0.877. The highest BCUT2D eigenvalue weighted by molar-refractivity contribution is 7.91. The summed E-state index contributed by atoms with van der Waals surface area (Å²) in [5.74, 6) is 1.12. The zero-order valence-electron chi connectivity index (χ0n) is 17.5. The van der Waals surface area contributed by atoms with Gasteiger partial charge in [-0.25, -0.2) is 0 Å². The SMILES string of the molecule is COC(=O)C(C)(C)CCCCC[S+]([O-])CCCCCC(C)(C)C(=O)OC. The Hall–Kier alpha value is -0.750. The molecule has 0 atom stereocenters. The Morgan fingerprint density at radius 1 is 0.731 bits per heavy atom. The zero-order valence-corrected chi connectivity index (χ0v) is 18.3. The van der Waals surface area contributed by atoms with Crippen LogP contribution in [-0.4, -0.2) is 42.2 Å². The minimum atomic E-state index is -0.773. The molecule has 0 fully saturated rings. The lowest BCUT2D eigenvalue weighted by Gasteiger charge is -2.21. The van der Waals surface area contributed by atoms with Crippen LogP contribution in [0, 0.1) is 10.8 Å². The maximum absolute atomic E-state index is 12.0. The molecule has 0 heterocycles. The van der Waals surface area contributed by atoms with Crippen LogP contribution in [0.4, 0.5) is 0 Å². The van der Waals surface area contributed by atoms with Crippen molar-refractivity contribution < 1.29 is 23.6 Å². The molecule has 0 aromatic rings. The molecule has 0 spiro atoms. The van der Waals surface area contributed by atoms with Crippen molar-refractivity contribution in [3.8, 4) is 0 Å². The third kappa shape index (κ3) is 10.4. The molecule has 0 saturated heterocycles. The van der Waals surface area contributed by atoms with Crippen LogP contribution in [0.5, 0.6) is 0 Å². The Balaban J connectivity index is 3.71. The minimum Gasteiger partial charge on any atom is -0.616 e. The van der Waals surface area contributed by atoms with Crippen molar-refractivity contribution in [3.05, 3.63) is 0 Å². The van der Waals surface area contributed by atoms with E-state index in [1.165, 1.54) is 14.2 Å². The average Bonchev–Trinajstić information content (AvgIpc) is 2.59. The van der Waals surface area contributed by atoms with Gasteiger partial charge in [0.05, 0.1) is 25.0 Å². The average molecular weight is 391 g/mol. The predicted molar refractivity (Wildman–Crippen MR) is 106 cm³/mol. The number of carbonyl (C=O) groups is 2. The molecule has 0 N–H and O–H groups in total. The van der Waals surface area contributed by atoms with Gasteiger partial charge in [0.15, 0.2) is 0 Å². The molecule has 0 unspecified atom stereocenters. The summed E-state index contributed by atoms with van der Waals surface area (Å²) in [6, 6.07) is 0. The number of rotatable bonds is 14. The van der Waals surface area contributed by atoms with E-state index in [4.69, 9.17) is 9.47 Å². The highest BCUT2D eigenvalue weighted by Crippen LogP contribution is 2.26. The number of methoxy groups -OCH3 is 2. The van der Waals surface area contributed by atoms with E-state index in [-0.39, 0.29) is 11.9 Å². The van der Waals surface area contributed by atoms with Crippen LogP contribution >= 0.6 is 0 Å². The van der Waals surface area contributed by atoms with Crippen molar-refractivity contribution in [1.82, 2.24) is 0 Å². The summed E-state index contributed by atoms with van der Waals surface area (Å²) in [4.78, 5) is 23.2. The summed E-state index contributed by atoms with van der Waals surface area (Å²) < 4.78 is 21.6. The van der Waals surface area contributed by atoms with Crippen LogP contribution in [0.25, 0.3) is 0 Å². The summed E-state index contributed by atoms with van der Waals surface area (Å²) >= 11 is -0.773. The molecule has 0 aliphatic rings. The van der Waals surface area contributed by atoms with Gasteiger partial charge in [-0.1, -0.05) is 24.0 Å². The highest BCUT2D eigenvalue weighted by atomic mass is 32.2. The fourth-order valence-electron chi connectivity index (χ4n) is 2.87. The van der Waals surface area contributed by atoms with Gasteiger partial charge in [-0.3, -0.25) is 9.59 Å². The van der Waals surface area contributed by atoms with E-state index in [9.17, 15) is 14.1 Å². The first kappa shape index (κ1) is 25.2. The molecule has 0 amide bonds. The van der Waals surface area contributed by atoms with Crippen molar-refractivity contribution in [2.24, 2.45) is 10.8 Å². The van der Waals surface area contributed by atoms with Crippen molar-refractivity contribution >= 4 is 23.1 Å². The lowest BCUT2D eigenvalue weighted by Crippen LogP contribution is -2.25. The second-order valence-electron chi connectivity index (χ2n) is 8.22. The number of carbonyl (C=O) groups excluding carboxylic acids is 2. The Morgan fingerprint density at radius 2 is 1.08 bits per heavy atom. The van der Waals surface area contributed by atoms with Crippen LogP contribution in [0.1, 0.15) is 79.1 Å². The van der Waals surface area contributed by atoms with Crippen molar-refractivity contribution in [2.75, 3.05) is 25.7 Å². The standard InChI is InChI=1S/C20H38O5S/c1-19(2,17(21)24-5)13-9-7-11-15-26(23)16-12-8-10-14-20(3,4)18(22)25-6/h7-16H2,1-6H3. The second kappa shape index (κ2) is 12.6. The summed E-state index contributed by atoms with van der Waals surface area (Å²) in [7, 11) is 2.84. The topological polar surface area (TPSA) is 75.7 Å². The number of unbranched alkanes of at least 4 members (excludes halogenated alkanes) is 4. The first-order valence-electron chi connectivity index (χ1n) is 9.58. The van der Waals surface area contributed by atoms with Gasteiger partial charge in [-0.15, -0.1) is 0 Å². The van der Waals surface area contributed by atoms with Crippen molar-refractivity contribution in [2.45, 2.75) is 79.1 Å². The fourth-order valence-corrected chi connectivity index (χ4v) is 4.13. The van der Waals surface area contributed by atoms with Crippen LogP contribution in [0.3, 0.4) is 0 Å². The van der Waals surface area contributed by atoms with E-state index >= 15 is 0 Å². The molecule has 5 nitrogen and oxygen atoms in total. The van der Waals surface area contributed by atoms with Gasteiger partial charge in [0.2, 0.25) is 0 Å². The van der Waals surface area contributed by atoms with Gasteiger partial charge < -0.3 is 14.0 Å². The molecule has 154 valence electrons. The quantitative estimate of drug-likeness (QED) is 0.252. The molecule has 6 heteroatoms. The minimum absolute atomic E-state index is 0.170. The molecule has 0 aliphatic heterocycles. The van der Waals surface area contributed by atoms with Gasteiger partial charge in [-0.05, 0) is 66.2 Å². The number of esters is 2. The van der Waals surface area contributed by atoms with Gasteiger partial charge in [0.25, 0.3) is 0 Å². The predicted octanol–water partition coefficient (Wildman–Crippen LogP) is 4.25. The molecule has 0 aromatic carbocycles. The third-order valence-electron chi connectivity index (χ3n) is 4.82. The number of hydrogen-bond donors (Lipinski definition) is 0. The van der Waals surface area contributed by atoms with Crippen LogP contribution < -0.4 is 0 Å². The van der Waals surface area contributed by atoms with Crippen LogP contribution in [0.15, 0.2) is 0 Å². The van der Waals surface area contributed by atoms with Gasteiger partial charge in [-0.2, -0.15) is 0 Å². The molecule has 0 radical (unpaired) electrons. The van der Waals surface area contributed by atoms with Crippen LogP contribution in [-0.2, 0) is 30.2 Å². The van der Waals surface area contributed by atoms with Crippen molar-refractivity contribution in [1.29, 1.82) is 0 Å². The maximum Gasteiger partial charge on any atom is 0.311 e. The maximum atomic E-state index is 12.0. The van der Waals surface area contributed by atoms with E-state index < -0.39 is 22.0 Å². The molecule has 0 rings (SSSR count). The van der Waals surface area contributed by atoms with Gasteiger partial charge in [0, 0.05) is 0 Å². The summed E-state index contributed by atoms with van der Waals surface area (Å²) in [6.45, 7) is 7.61. The molecular weight excluding hydrogens is 352 g/mol. The zero-order chi connectivity index (χ0) is 20.2. The first-order valence-corrected chi connectivity index (χ1v) is 11.1. The highest BCUT2D eigenvalue weighted by Gasteiger charge is 2.28. The summed E-state index contributed by atoms with van der Waals surface area (Å²) in [6.07, 6.45) is 7.31. The third-order valence-corrected chi connectivity index (χ3v) is 6.31.